The number of rotatable bonds is 4. The van der Waals surface area contributed by atoms with Gasteiger partial charge in [-0.15, -0.1) is 0 Å². The number of nitrogens with two attached hydrogens (primary N) is 1. The van der Waals surface area contributed by atoms with Crippen LogP contribution in [0.3, 0.4) is 0 Å². The monoisotopic (exact) mass is 421 g/mol. The van der Waals surface area contributed by atoms with E-state index in [0.29, 0.717) is 28.6 Å². The zero-order chi connectivity index (χ0) is 20.4. The molecule has 0 aliphatic rings. The Morgan fingerprint density at radius 2 is 2.24 bits per heavy atom. The van der Waals surface area contributed by atoms with Crippen LogP contribution in [0.15, 0.2) is 43.0 Å². The van der Waals surface area contributed by atoms with E-state index >= 15 is 0 Å². The lowest BCUT2D eigenvalue weighted by Gasteiger charge is -2.04. The standard InChI is InChI=1S/C20H15N5O2S2/c1-2-16(27)23-19-12-6-3-7-13(18(12)29-25-19)22-8-4-5-11-9-14(26)17-15(10-11)28-20(21)24-17/h2-3,6-7,9-10,22,26H,1,8H2,(H2,21,24)(H,23,25,27). The minimum Gasteiger partial charge on any atom is -0.506 e. The summed E-state index contributed by atoms with van der Waals surface area (Å²) in [7, 11) is 0. The van der Waals surface area contributed by atoms with Crippen LogP contribution in [0.5, 0.6) is 5.75 Å². The molecule has 0 saturated heterocycles. The van der Waals surface area contributed by atoms with Gasteiger partial charge in [-0.25, -0.2) is 4.98 Å². The fourth-order valence-corrected chi connectivity index (χ4v) is 4.37. The van der Waals surface area contributed by atoms with Crippen molar-refractivity contribution in [1.29, 1.82) is 0 Å². The van der Waals surface area contributed by atoms with Crippen molar-refractivity contribution >= 4 is 65.7 Å². The number of thiazole rings is 1. The number of aromatic nitrogens is 2. The van der Waals surface area contributed by atoms with Crippen molar-refractivity contribution in [3.8, 4) is 17.6 Å². The molecule has 9 heteroatoms. The van der Waals surface area contributed by atoms with Gasteiger partial charge in [-0.05, 0) is 41.9 Å². The molecule has 2 aromatic carbocycles. The van der Waals surface area contributed by atoms with Crippen LogP contribution in [0.2, 0.25) is 0 Å². The largest absolute Gasteiger partial charge is 0.506 e. The summed E-state index contributed by atoms with van der Waals surface area (Å²) in [5, 5.41) is 17.3. The number of nitrogens with one attached hydrogen (secondary N) is 2. The number of amides is 1. The van der Waals surface area contributed by atoms with Gasteiger partial charge in [0.1, 0.15) is 11.3 Å². The second-order valence-corrected chi connectivity index (χ2v) is 7.79. The number of hydrogen-bond donors (Lipinski definition) is 4. The zero-order valence-corrected chi connectivity index (χ0v) is 16.7. The molecular weight excluding hydrogens is 406 g/mol. The average Bonchev–Trinajstić information content (AvgIpc) is 3.29. The lowest BCUT2D eigenvalue weighted by Crippen LogP contribution is -2.07. The molecule has 2 heterocycles. The lowest BCUT2D eigenvalue weighted by atomic mass is 10.2. The number of aromatic hydroxyl groups is 1. The topological polar surface area (TPSA) is 113 Å². The third-order valence-electron chi connectivity index (χ3n) is 4.02. The molecule has 29 heavy (non-hydrogen) atoms. The fourth-order valence-electron chi connectivity index (χ4n) is 2.75. The molecule has 0 aliphatic heterocycles. The molecule has 0 unspecified atom stereocenters. The highest BCUT2D eigenvalue weighted by Gasteiger charge is 2.11. The predicted octanol–water partition coefficient (Wildman–Crippen LogP) is 3.78. The Bertz CT molecular complexity index is 1310. The van der Waals surface area contributed by atoms with Crippen molar-refractivity contribution in [1.82, 2.24) is 9.36 Å². The lowest BCUT2D eigenvalue weighted by molar-refractivity contribution is -0.111. The van der Waals surface area contributed by atoms with E-state index in [4.69, 9.17) is 5.73 Å². The molecule has 0 atom stereocenters. The Hall–Kier alpha value is -3.61. The van der Waals surface area contributed by atoms with E-state index < -0.39 is 0 Å². The fraction of sp³-hybridized carbons (Fsp3) is 0.0500. The maximum Gasteiger partial charge on any atom is 0.248 e. The van der Waals surface area contributed by atoms with Crippen LogP contribution in [-0.4, -0.2) is 26.9 Å². The van der Waals surface area contributed by atoms with E-state index in [9.17, 15) is 9.90 Å². The summed E-state index contributed by atoms with van der Waals surface area (Å²) < 4.78 is 6.02. The molecule has 4 aromatic rings. The normalized spacial score (nSPS) is 10.5. The van der Waals surface area contributed by atoms with Gasteiger partial charge in [0.2, 0.25) is 5.91 Å². The summed E-state index contributed by atoms with van der Waals surface area (Å²) in [5.41, 5.74) is 7.75. The first-order valence-corrected chi connectivity index (χ1v) is 10.1. The van der Waals surface area contributed by atoms with Gasteiger partial charge in [-0.3, -0.25) is 4.79 Å². The third kappa shape index (κ3) is 3.85. The third-order valence-corrected chi connectivity index (χ3v) is 5.74. The van der Waals surface area contributed by atoms with Crippen molar-refractivity contribution in [3.63, 3.8) is 0 Å². The summed E-state index contributed by atoms with van der Waals surface area (Å²) in [6, 6.07) is 9.14. The number of hydrogen-bond acceptors (Lipinski definition) is 8. The van der Waals surface area contributed by atoms with E-state index in [0.717, 1.165) is 20.5 Å². The van der Waals surface area contributed by atoms with Crippen LogP contribution in [-0.2, 0) is 4.79 Å². The van der Waals surface area contributed by atoms with Crippen LogP contribution in [0.25, 0.3) is 20.3 Å². The summed E-state index contributed by atoms with van der Waals surface area (Å²) in [5.74, 6) is 6.35. The molecule has 0 aliphatic carbocycles. The van der Waals surface area contributed by atoms with Gasteiger partial charge in [-0.1, -0.05) is 35.8 Å². The highest BCUT2D eigenvalue weighted by Crippen LogP contribution is 2.33. The molecule has 7 nitrogen and oxygen atoms in total. The van der Waals surface area contributed by atoms with Crippen LogP contribution in [0.1, 0.15) is 5.56 Å². The van der Waals surface area contributed by atoms with E-state index in [2.05, 4.69) is 38.4 Å². The molecule has 0 bridgehead atoms. The number of nitrogens with zero attached hydrogens (tertiary/aromatic N) is 2. The quantitative estimate of drug-likeness (QED) is 0.295. The first kappa shape index (κ1) is 18.7. The minimum absolute atomic E-state index is 0.0660. The average molecular weight is 422 g/mol. The first-order valence-electron chi connectivity index (χ1n) is 8.48. The van der Waals surface area contributed by atoms with Crippen LogP contribution in [0.4, 0.5) is 16.6 Å². The van der Waals surface area contributed by atoms with E-state index in [-0.39, 0.29) is 11.7 Å². The molecule has 0 radical (unpaired) electrons. The van der Waals surface area contributed by atoms with Crippen LogP contribution in [0, 0.1) is 11.8 Å². The van der Waals surface area contributed by atoms with Crippen molar-refractivity contribution in [2.45, 2.75) is 0 Å². The minimum atomic E-state index is -0.302. The summed E-state index contributed by atoms with van der Waals surface area (Å²) in [6.45, 7) is 3.85. The smallest absolute Gasteiger partial charge is 0.248 e. The second kappa shape index (κ2) is 7.79. The van der Waals surface area contributed by atoms with Crippen molar-refractivity contribution in [3.05, 3.63) is 48.6 Å². The summed E-state index contributed by atoms with van der Waals surface area (Å²) in [4.78, 5) is 15.6. The van der Waals surface area contributed by atoms with E-state index in [1.54, 1.807) is 6.07 Å². The molecule has 1 amide bonds. The molecule has 0 saturated carbocycles. The van der Waals surface area contributed by atoms with Gasteiger partial charge >= 0.3 is 0 Å². The Balaban J connectivity index is 1.51. The number of phenols is 1. The highest BCUT2D eigenvalue weighted by atomic mass is 32.1. The maximum atomic E-state index is 11.5. The highest BCUT2D eigenvalue weighted by molar-refractivity contribution is 7.22. The maximum absolute atomic E-state index is 11.5. The van der Waals surface area contributed by atoms with Crippen LogP contribution < -0.4 is 16.4 Å². The molecule has 0 spiro atoms. The molecule has 4 rings (SSSR count). The Morgan fingerprint density at radius 3 is 3.07 bits per heavy atom. The Labute approximate surface area is 174 Å². The number of anilines is 3. The summed E-state index contributed by atoms with van der Waals surface area (Å²) in [6.07, 6.45) is 1.21. The van der Waals surface area contributed by atoms with Crippen molar-refractivity contribution in [2.75, 3.05) is 22.9 Å². The first-order chi connectivity index (χ1) is 14.0. The Kier molecular flexibility index (Phi) is 5.03. The molecular formula is C20H15N5O2S2. The Morgan fingerprint density at radius 1 is 1.38 bits per heavy atom. The van der Waals surface area contributed by atoms with Gasteiger partial charge in [0.25, 0.3) is 0 Å². The van der Waals surface area contributed by atoms with Gasteiger partial charge in [0.05, 0.1) is 21.6 Å². The van der Waals surface area contributed by atoms with Gasteiger partial charge < -0.3 is 21.5 Å². The molecule has 2 aromatic heterocycles. The van der Waals surface area contributed by atoms with Crippen molar-refractivity contribution in [2.24, 2.45) is 0 Å². The van der Waals surface area contributed by atoms with E-state index in [1.807, 2.05) is 24.3 Å². The van der Waals surface area contributed by atoms with Gasteiger partial charge in [0, 0.05) is 10.9 Å². The SMILES string of the molecule is C=CC(=O)Nc1nsc2c(NCC#Cc3cc(O)c4nc(N)sc4c3)cccc12. The van der Waals surface area contributed by atoms with Crippen molar-refractivity contribution < 1.29 is 9.90 Å². The molecule has 5 N–H and O–H groups in total. The number of carbonyl (C=O) groups excluding carboxylic acids is 1. The number of carbonyl (C=O) groups is 1. The predicted molar refractivity (Wildman–Crippen MR) is 120 cm³/mol. The number of fused-ring (bicyclic) bond motifs is 2. The summed E-state index contributed by atoms with van der Waals surface area (Å²) >= 11 is 2.60. The second-order valence-electron chi connectivity index (χ2n) is 5.96. The van der Waals surface area contributed by atoms with E-state index in [1.165, 1.54) is 28.9 Å². The van der Waals surface area contributed by atoms with Crippen LogP contribution >= 0.6 is 22.9 Å². The number of nitrogen functional groups attached to an aromatic ring is 1. The van der Waals surface area contributed by atoms with Gasteiger partial charge in [0.15, 0.2) is 10.9 Å². The molecule has 144 valence electrons. The number of benzene rings is 2. The number of phenolic OH excluding ortho intramolecular Hbond substituents is 1. The van der Waals surface area contributed by atoms with Gasteiger partial charge in [-0.2, -0.15) is 4.37 Å². The molecule has 0 fully saturated rings. The zero-order valence-electron chi connectivity index (χ0n) is 15.0.